The Balaban J connectivity index is 0.00000312. The summed E-state index contributed by atoms with van der Waals surface area (Å²) in [5.41, 5.74) is 2.07. The molecule has 2 aromatic rings. The van der Waals surface area contributed by atoms with Gasteiger partial charge in [0.25, 0.3) is 0 Å². The van der Waals surface area contributed by atoms with E-state index in [4.69, 9.17) is 27.9 Å². The molecule has 0 radical (unpaired) electrons. The molecule has 0 bridgehead atoms. The summed E-state index contributed by atoms with van der Waals surface area (Å²) in [6, 6.07) is 13.5. The van der Waals surface area contributed by atoms with E-state index >= 15 is 0 Å². The standard InChI is InChI=1S/C19H24Cl2N2O.2ClH/c1-2-22-10-5-11-23-13-15-6-3-4-7-19(15)24-14-16-8-9-17(20)12-18(16)21;;/h3-4,6-9,12,22-23H,2,5,10-11,13-14H2,1H3;2*1H. The van der Waals surface area contributed by atoms with Gasteiger partial charge in [0, 0.05) is 27.7 Å². The van der Waals surface area contributed by atoms with Crippen LogP contribution in [0.5, 0.6) is 5.75 Å². The van der Waals surface area contributed by atoms with Gasteiger partial charge >= 0.3 is 0 Å². The van der Waals surface area contributed by atoms with Gasteiger partial charge in [0.15, 0.2) is 0 Å². The zero-order valence-corrected chi connectivity index (χ0v) is 17.9. The summed E-state index contributed by atoms with van der Waals surface area (Å²) >= 11 is 12.1. The first-order valence-corrected chi connectivity index (χ1v) is 9.02. The minimum absolute atomic E-state index is 0. The highest BCUT2D eigenvalue weighted by Gasteiger charge is 2.06. The lowest BCUT2D eigenvalue weighted by Gasteiger charge is -2.13. The van der Waals surface area contributed by atoms with Gasteiger partial charge in [-0.1, -0.05) is 54.4 Å². The molecule has 0 heterocycles. The highest BCUT2D eigenvalue weighted by molar-refractivity contribution is 6.35. The molecule has 26 heavy (non-hydrogen) atoms. The van der Waals surface area contributed by atoms with Crippen LogP contribution in [0.4, 0.5) is 0 Å². The van der Waals surface area contributed by atoms with E-state index in [1.165, 1.54) is 0 Å². The van der Waals surface area contributed by atoms with Gasteiger partial charge in [-0.25, -0.2) is 0 Å². The van der Waals surface area contributed by atoms with Gasteiger partial charge in [0.2, 0.25) is 0 Å². The lowest BCUT2D eigenvalue weighted by molar-refractivity contribution is 0.302. The van der Waals surface area contributed by atoms with Crippen LogP contribution in [0.25, 0.3) is 0 Å². The van der Waals surface area contributed by atoms with Crippen LogP contribution in [0.1, 0.15) is 24.5 Å². The molecule has 2 aromatic carbocycles. The van der Waals surface area contributed by atoms with Crippen molar-refractivity contribution in [3.63, 3.8) is 0 Å². The largest absolute Gasteiger partial charge is 0.489 e. The Hall–Kier alpha value is -0.680. The molecule has 7 heteroatoms. The molecule has 0 aromatic heterocycles. The normalized spacial score (nSPS) is 9.96. The minimum Gasteiger partial charge on any atom is -0.489 e. The number of halogens is 4. The predicted octanol–water partition coefficient (Wildman–Crippen LogP) is 5.51. The Bertz CT molecular complexity index is 641. The smallest absolute Gasteiger partial charge is 0.124 e. The van der Waals surface area contributed by atoms with Crippen molar-refractivity contribution in [2.24, 2.45) is 0 Å². The minimum atomic E-state index is 0. The van der Waals surface area contributed by atoms with Crippen molar-refractivity contribution in [2.45, 2.75) is 26.5 Å². The molecular formula is C19H26Cl4N2O. The Kier molecular flexibility index (Phi) is 14.0. The number of ether oxygens (including phenoxy) is 1. The number of rotatable bonds is 10. The second-order valence-corrected chi connectivity index (χ2v) is 6.36. The highest BCUT2D eigenvalue weighted by atomic mass is 35.5. The van der Waals surface area contributed by atoms with Gasteiger partial charge in [0.05, 0.1) is 0 Å². The van der Waals surface area contributed by atoms with Crippen LogP contribution in [0.2, 0.25) is 10.0 Å². The van der Waals surface area contributed by atoms with Crippen LogP contribution in [0, 0.1) is 0 Å². The zero-order chi connectivity index (χ0) is 17.2. The van der Waals surface area contributed by atoms with Crippen molar-refractivity contribution < 1.29 is 4.74 Å². The summed E-state index contributed by atoms with van der Waals surface area (Å²) in [5.74, 6) is 0.877. The molecule has 146 valence electrons. The van der Waals surface area contributed by atoms with Crippen molar-refractivity contribution in [1.29, 1.82) is 0 Å². The molecule has 0 aliphatic carbocycles. The van der Waals surface area contributed by atoms with Crippen LogP contribution >= 0.6 is 48.0 Å². The number of nitrogens with one attached hydrogen (secondary N) is 2. The van der Waals surface area contributed by atoms with Crippen molar-refractivity contribution in [3.05, 3.63) is 63.6 Å². The third-order valence-electron chi connectivity index (χ3n) is 3.64. The Morgan fingerprint density at radius 3 is 2.38 bits per heavy atom. The molecule has 0 amide bonds. The van der Waals surface area contributed by atoms with E-state index in [9.17, 15) is 0 Å². The number of hydrogen-bond donors (Lipinski definition) is 2. The maximum Gasteiger partial charge on any atom is 0.124 e. The van der Waals surface area contributed by atoms with E-state index in [-0.39, 0.29) is 24.8 Å². The van der Waals surface area contributed by atoms with Crippen molar-refractivity contribution in [3.8, 4) is 5.75 Å². The summed E-state index contributed by atoms with van der Waals surface area (Å²) < 4.78 is 5.96. The molecule has 0 saturated heterocycles. The van der Waals surface area contributed by atoms with Crippen molar-refractivity contribution >= 4 is 48.0 Å². The van der Waals surface area contributed by atoms with Crippen LogP contribution in [0.3, 0.4) is 0 Å². The van der Waals surface area contributed by atoms with Gasteiger partial charge in [-0.3, -0.25) is 0 Å². The quantitative estimate of drug-likeness (QED) is 0.479. The van der Waals surface area contributed by atoms with Gasteiger partial charge < -0.3 is 15.4 Å². The SMILES string of the molecule is CCNCCCNCc1ccccc1OCc1ccc(Cl)cc1Cl.Cl.Cl. The third kappa shape index (κ3) is 8.81. The molecule has 3 nitrogen and oxygen atoms in total. The van der Waals surface area contributed by atoms with Gasteiger partial charge in [-0.15, -0.1) is 24.8 Å². The molecule has 2 N–H and O–H groups in total. The summed E-state index contributed by atoms with van der Waals surface area (Å²) in [5, 5.41) is 8.03. The van der Waals surface area contributed by atoms with E-state index < -0.39 is 0 Å². The fourth-order valence-electron chi connectivity index (χ4n) is 2.32. The van der Waals surface area contributed by atoms with Crippen LogP contribution in [-0.2, 0) is 13.2 Å². The van der Waals surface area contributed by atoms with E-state index in [0.717, 1.165) is 49.5 Å². The first-order valence-electron chi connectivity index (χ1n) is 8.26. The monoisotopic (exact) mass is 438 g/mol. The number of hydrogen-bond acceptors (Lipinski definition) is 3. The summed E-state index contributed by atoms with van der Waals surface area (Å²) in [7, 11) is 0. The molecule has 2 rings (SSSR count). The first-order chi connectivity index (χ1) is 11.7. The maximum absolute atomic E-state index is 6.20. The fraction of sp³-hybridized carbons (Fsp3) is 0.368. The molecule has 0 spiro atoms. The van der Waals surface area contributed by atoms with Gasteiger partial charge in [-0.05, 0) is 44.3 Å². The molecule has 0 unspecified atom stereocenters. The van der Waals surface area contributed by atoms with Crippen molar-refractivity contribution in [1.82, 2.24) is 10.6 Å². The van der Waals surface area contributed by atoms with Gasteiger partial charge in [0.1, 0.15) is 12.4 Å². The Labute approximate surface area is 178 Å². The third-order valence-corrected chi connectivity index (χ3v) is 4.23. The second-order valence-electron chi connectivity index (χ2n) is 5.52. The molecule has 0 fully saturated rings. The summed E-state index contributed by atoms with van der Waals surface area (Å²) in [4.78, 5) is 0. The van der Waals surface area contributed by atoms with E-state index in [1.54, 1.807) is 6.07 Å². The van der Waals surface area contributed by atoms with E-state index in [2.05, 4.69) is 23.6 Å². The molecule has 0 aliphatic rings. The number of benzene rings is 2. The van der Waals surface area contributed by atoms with Crippen LogP contribution in [0.15, 0.2) is 42.5 Å². The first kappa shape index (κ1) is 25.3. The maximum atomic E-state index is 6.20. The lowest BCUT2D eigenvalue weighted by Crippen LogP contribution is -2.21. The predicted molar refractivity (Wildman–Crippen MR) is 117 cm³/mol. The molecule has 0 atom stereocenters. The molecule has 0 saturated carbocycles. The average molecular weight is 440 g/mol. The molecule has 0 aliphatic heterocycles. The number of para-hydroxylation sites is 1. The Morgan fingerprint density at radius 2 is 1.65 bits per heavy atom. The highest BCUT2D eigenvalue weighted by Crippen LogP contribution is 2.24. The topological polar surface area (TPSA) is 33.3 Å². The van der Waals surface area contributed by atoms with E-state index in [0.29, 0.717) is 16.7 Å². The second kappa shape index (κ2) is 14.4. The molecular weight excluding hydrogens is 414 g/mol. The fourth-order valence-corrected chi connectivity index (χ4v) is 2.79. The summed E-state index contributed by atoms with van der Waals surface area (Å²) in [6.07, 6.45) is 1.11. The van der Waals surface area contributed by atoms with Crippen LogP contribution in [-0.4, -0.2) is 19.6 Å². The van der Waals surface area contributed by atoms with Crippen LogP contribution < -0.4 is 15.4 Å². The lowest BCUT2D eigenvalue weighted by atomic mass is 10.2. The average Bonchev–Trinajstić information content (AvgIpc) is 2.58. The zero-order valence-electron chi connectivity index (χ0n) is 14.8. The van der Waals surface area contributed by atoms with E-state index in [1.807, 2.05) is 30.3 Å². The summed E-state index contributed by atoms with van der Waals surface area (Å²) in [6.45, 7) is 6.36. The van der Waals surface area contributed by atoms with Gasteiger partial charge in [-0.2, -0.15) is 0 Å². The van der Waals surface area contributed by atoms with Crippen molar-refractivity contribution in [2.75, 3.05) is 19.6 Å². The Morgan fingerprint density at radius 1 is 0.923 bits per heavy atom.